The molecule has 0 bridgehead atoms. The van der Waals surface area contributed by atoms with Crippen LogP contribution in [0.4, 0.5) is 8.78 Å². The maximum atomic E-state index is 13.6. The molecule has 2 N–H and O–H groups in total. The van der Waals surface area contributed by atoms with Gasteiger partial charge in [0.1, 0.15) is 11.6 Å². The number of ether oxygens (including phenoxy) is 1. The van der Waals surface area contributed by atoms with E-state index in [1.54, 1.807) is 0 Å². The maximum absolute atomic E-state index is 13.6. The van der Waals surface area contributed by atoms with Crippen molar-refractivity contribution in [3.8, 4) is 0 Å². The summed E-state index contributed by atoms with van der Waals surface area (Å²) in [5.41, 5.74) is 4.63. The average molecular weight is 255 g/mol. The molecule has 1 heterocycles. The van der Waals surface area contributed by atoms with Gasteiger partial charge in [-0.3, -0.25) is 4.79 Å². The highest BCUT2D eigenvalue weighted by Crippen LogP contribution is 2.34. The predicted molar refractivity (Wildman–Crippen MR) is 62.2 cm³/mol. The van der Waals surface area contributed by atoms with E-state index in [-0.39, 0.29) is 12.1 Å². The van der Waals surface area contributed by atoms with Crippen molar-refractivity contribution in [3.05, 3.63) is 35.4 Å². The molecule has 1 aromatic rings. The molecule has 98 valence electrons. The van der Waals surface area contributed by atoms with Crippen molar-refractivity contribution in [2.75, 3.05) is 19.8 Å². The van der Waals surface area contributed by atoms with Gasteiger partial charge in [0, 0.05) is 19.8 Å². The van der Waals surface area contributed by atoms with E-state index < -0.39 is 22.8 Å². The van der Waals surface area contributed by atoms with Gasteiger partial charge in [0.25, 0.3) is 0 Å². The third-order valence-electron chi connectivity index (χ3n) is 3.50. The zero-order chi connectivity index (χ0) is 13.2. The molecule has 1 aliphatic heterocycles. The summed E-state index contributed by atoms with van der Waals surface area (Å²) in [4.78, 5) is 12.4. The molecule has 0 aliphatic carbocycles. The molecular weight excluding hydrogens is 240 g/mol. The van der Waals surface area contributed by atoms with Crippen molar-refractivity contribution in [2.45, 2.75) is 12.8 Å². The van der Waals surface area contributed by atoms with Gasteiger partial charge < -0.3 is 10.5 Å². The van der Waals surface area contributed by atoms with Crippen molar-refractivity contribution in [2.24, 2.45) is 11.1 Å². The summed E-state index contributed by atoms with van der Waals surface area (Å²) >= 11 is 0. The Balaban J connectivity index is 2.36. The predicted octanol–water partition coefficient (Wildman–Crippen LogP) is 1.90. The Labute approximate surface area is 104 Å². The number of rotatable bonds is 3. The molecule has 0 unspecified atom stereocenters. The van der Waals surface area contributed by atoms with Gasteiger partial charge in [0.2, 0.25) is 0 Å². The largest absolute Gasteiger partial charge is 0.381 e. The summed E-state index contributed by atoms with van der Waals surface area (Å²) in [5.74, 6) is -1.76. The van der Waals surface area contributed by atoms with Crippen LogP contribution in [0.2, 0.25) is 0 Å². The molecule has 1 saturated heterocycles. The van der Waals surface area contributed by atoms with Gasteiger partial charge >= 0.3 is 0 Å². The first-order chi connectivity index (χ1) is 8.59. The first kappa shape index (κ1) is 13.1. The highest BCUT2D eigenvalue weighted by atomic mass is 19.1. The normalized spacial score (nSPS) is 18.6. The SMILES string of the molecule is NCC1(C(=O)c2cc(F)ccc2F)CCOCC1. The highest BCUT2D eigenvalue weighted by molar-refractivity contribution is 6.01. The summed E-state index contributed by atoms with van der Waals surface area (Å²) in [6.07, 6.45) is 0.885. The summed E-state index contributed by atoms with van der Waals surface area (Å²) < 4.78 is 31.9. The minimum Gasteiger partial charge on any atom is -0.381 e. The number of hydrogen-bond acceptors (Lipinski definition) is 3. The van der Waals surface area contributed by atoms with Gasteiger partial charge in [-0.05, 0) is 31.0 Å². The quantitative estimate of drug-likeness (QED) is 0.839. The van der Waals surface area contributed by atoms with E-state index in [0.717, 1.165) is 18.2 Å². The fourth-order valence-corrected chi connectivity index (χ4v) is 2.24. The molecule has 2 rings (SSSR count). The molecule has 18 heavy (non-hydrogen) atoms. The standard InChI is InChI=1S/C13H15F2NO2/c14-9-1-2-11(15)10(7-9)12(17)13(8-16)3-5-18-6-4-13/h1-2,7H,3-6,8,16H2. The van der Waals surface area contributed by atoms with Crippen LogP contribution in [0.5, 0.6) is 0 Å². The summed E-state index contributed by atoms with van der Waals surface area (Å²) in [6.45, 7) is 0.949. The second kappa shape index (κ2) is 5.12. The number of ketones is 1. The van der Waals surface area contributed by atoms with Crippen molar-refractivity contribution in [3.63, 3.8) is 0 Å². The van der Waals surface area contributed by atoms with E-state index in [0.29, 0.717) is 26.1 Å². The van der Waals surface area contributed by atoms with Gasteiger partial charge in [-0.25, -0.2) is 8.78 Å². The molecule has 0 atom stereocenters. The number of benzene rings is 1. The number of hydrogen-bond donors (Lipinski definition) is 1. The summed E-state index contributed by atoms with van der Waals surface area (Å²) in [6, 6.07) is 2.89. The lowest BCUT2D eigenvalue weighted by molar-refractivity contribution is 0.0197. The topological polar surface area (TPSA) is 52.3 Å². The molecule has 1 aromatic carbocycles. The Hall–Kier alpha value is -1.33. The number of carbonyl (C=O) groups is 1. The van der Waals surface area contributed by atoms with Crippen LogP contribution in [0.3, 0.4) is 0 Å². The second-order valence-corrected chi connectivity index (χ2v) is 4.55. The lowest BCUT2D eigenvalue weighted by atomic mass is 9.74. The number of nitrogens with two attached hydrogens (primary N) is 1. The van der Waals surface area contributed by atoms with Crippen molar-refractivity contribution >= 4 is 5.78 Å². The Bertz CT molecular complexity index is 456. The minimum absolute atomic E-state index is 0.116. The first-order valence-electron chi connectivity index (χ1n) is 5.87. The molecule has 1 fully saturated rings. The molecule has 0 spiro atoms. The third-order valence-corrected chi connectivity index (χ3v) is 3.50. The van der Waals surface area contributed by atoms with Gasteiger partial charge in [-0.2, -0.15) is 0 Å². The van der Waals surface area contributed by atoms with Crippen LogP contribution in [0.1, 0.15) is 23.2 Å². The van der Waals surface area contributed by atoms with E-state index >= 15 is 0 Å². The lowest BCUT2D eigenvalue weighted by Crippen LogP contribution is -2.43. The third kappa shape index (κ3) is 2.28. The van der Waals surface area contributed by atoms with E-state index in [1.165, 1.54) is 0 Å². The maximum Gasteiger partial charge on any atom is 0.173 e. The Morgan fingerprint density at radius 1 is 1.33 bits per heavy atom. The monoisotopic (exact) mass is 255 g/mol. The van der Waals surface area contributed by atoms with Crippen LogP contribution in [-0.2, 0) is 4.74 Å². The fraction of sp³-hybridized carbons (Fsp3) is 0.462. The molecule has 3 nitrogen and oxygen atoms in total. The number of halogens is 2. The van der Waals surface area contributed by atoms with Crippen LogP contribution in [0.15, 0.2) is 18.2 Å². The molecular formula is C13H15F2NO2. The minimum atomic E-state index is -0.827. The Morgan fingerprint density at radius 3 is 2.61 bits per heavy atom. The zero-order valence-electron chi connectivity index (χ0n) is 9.92. The van der Waals surface area contributed by atoms with E-state index in [1.807, 2.05) is 0 Å². The van der Waals surface area contributed by atoms with Gasteiger partial charge in [0.15, 0.2) is 5.78 Å². The summed E-state index contributed by atoms with van der Waals surface area (Å²) in [5, 5.41) is 0. The van der Waals surface area contributed by atoms with Gasteiger partial charge in [0.05, 0.1) is 11.0 Å². The molecule has 0 radical (unpaired) electrons. The van der Waals surface area contributed by atoms with Crippen molar-refractivity contribution < 1.29 is 18.3 Å². The van der Waals surface area contributed by atoms with E-state index in [4.69, 9.17) is 10.5 Å². The van der Waals surface area contributed by atoms with Gasteiger partial charge in [-0.15, -0.1) is 0 Å². The molecule has 0 aromatic heterocycles. The van der Waals surface area contributed by atoms with E-state index in [2.05, 4.69) is 0 Å². The van der Waals surface area contributed by atoms with Crippen LogP contribution in [-0.4, -0.2) is 25.5 Å². The second-order valence-electron chi connectivity index (χ2n) is 4.55. The van der Waals surface area contributed by atoms with Crippen LogP contribution in [0.25, 0.3) is 0 Å². The Kier molecular flexibility index (Phi) is 3.73. The van der Waals surface area contributed by atoms with E-state index in [9.17, 15) is 13.6 Å². The fourth-order valence-electron chi connectivity index (χ4n) is 2.24. The Morgan fingerprint density at radius 2 is 2.00 bits per heavy atom. The molecule has 0 saturated carbocycles. The van der Waals surface area contributed by atoms with Crippen LogP contribution in [0, 0.1) is 17.0 Å². The summed E-state index contributed by atoms with van der Waals surface area (Å²) in [7, 11) is 0. The average Bonchev–Trinajstić information content (AvgIpc) is 2.41. The van der Waals surface area contributed by atoms with Crippen LogP contribution < -0.4 is 5.73 Å². The van der Waals surface area contributed by atoms with Crippen LogP contribution >= 0.6 is 0 Å². The molecule has 1 aliphatic rings. The van der Waals surface area contributed by atoms with Gasteiger partial charge in [-0.1, -0.05) is 0 Å². The first-order valence-corrected chi connectivity index (χ1v) is 5.87. The van der Waals surface area contributed by atoms with Crippen molar-refractivity contribution in [1.29, 1.82) is 0 Å². The highest BCUT2D eigenvalue weighted by Gasteiger charge is 2.40. The number of carbonyl (C=O) groups excluding carboxylic acids is 1. The lowest BCUT2D eigenvalue weighted by Gasteiger charge is -2.34. The smallest absolute Gasteiger partial charge is 0.173 e. The molecule has 5 heteroatoms. The van der Waals surface area contributed by atoms with Crippen molar-refractivity contribution in [1.82, 2.24) is 0 Å². The zero-order valence-corrected chi connectivity index (χ0v) is 9.92. The number of Topliss-reactive ketones (excluding diaryl/α,β-unsaturated/α-hetero) is 1. The molecule has 0 amide bonds.